The molecule has 0 saturated carbocycles. The number of rotatable bonds is 9. The van der Waals surface area contributed by atoms with Gasteiger partial charge >= 0.3 is 0 Å². The van der Waals surface area contributed by atoms with E-state index in [0.717, 1.165) is 32.0 Å². The highest BCUT2D eigenvalue weighted by atomic mass is 16.5. The van der Waals surface area contributed by atoms with Crippen LogP contribution in [0.25, 0.3) is 0 Å². The number of anilines is 1. The van der Waals surface area contributed by atoms with Gasteiger partial charge in [-0.3, -0.25) is 9.59 Å². The third kappa shape index (κ3) is 7.38. The Morgan fingerprint density at radius 1 is 1.29 bits per heavy atom. The molecule has 0 unspecified atom stereocenters. The van der Waals surface area contributed by atoms with Crippen molar-refractivity contribution in [2.24, 2.45) is 5.92 Å². The highest BCUT2D eigenvalue weighted by molar-refractivity contribution is 6.01. The first-order chi connectivity index (χ1) is 13.3. The van der Waals surface area contributed by atoms with Crippen LogP contribution >= 0.6 is 0 Å². The highest BCUT2D eigenvalue weighted by Crippen LogP contribution is 2.20. The predicted molar refractivity (Wildman–Crippen MR) is 111 cm³/mol. The molecule has 1 aromatic rings. The lowest BCUT2D eigenvalue weighted by Crippen LogP contribution is -2.39. The number of nitrogens with zero attached hydrogens (tertiary/aromatic N) is 1. The van der Waals surface area contributed by atoms with Gasteiger partial charge in [-0.05, 0) is 70.3 Å². The van der Waals surface area contributed by atoms with Crippen LogP contribution in [0.1, 0.15) is 50.4 Å². The molecule has 0 radical (unpaired) electrons. The zero-order valence-corrected chi connectivity index (χ0v) is 17.3. The lowest BCUT2D eigenvalue weighted by molar-refractivity contribution is -0.120. The van der Waals surface area contributed by atoms with Crippen LogP contribution < -0.4 is 21.1 Å². The summed E-state index contributed by atoms with van der Waals surface area (Å²) in [7, 11) is 0. The van der Waals surface area contributed by atoms with Gasteiger partial charge in [-0.15, -0.1) is 0 Å². The molecule has 0 atom stereocenters. The van der Waals surface area contributed by atoms with Crippen LogP contribution in [-0.4, -0.2) is 55.5 Å². The van der Waals surface area contributed by atoms with Crippen LogP contribution in [0.3, 0.4) is 0 Å². The van der Waals surface area contributed by atoms with E-state index < -0.39 is 0 Å². The first-order valence-electron chi connectivity index (χ1n) is 10.2. The van der Waals surface area contributed by atoms with Crippen LogP contribution in [0, 0.1) is 5.92 Å². The number of nitrogens with one attached hydrogen (secondary N) is 2. The second kappa shape index (κ2) is 10.9. The van der Waals surface area contributed by atoms with Crippen molar-refractivity contribution in [2.75, 3.05) is 38.5 Å². The Balaban J connectivity index is 1.78. The fourth-order valence-corrected chi connectivity index (χ4v) is 3.21. The molecule has 2 amide bonds. The number of hydrogen-bond acceptors (Lipinski definition) is 5. The Morgan fingerprint density at radius 2 is 2.00 bits per heavy atom. The molecule has 0 bridgehead atoms. The monoisotopic (exact) mass is 390 g/mol. The van der Waals surface area contributed by atoms with Gasteiger partial charge < -0.3 is 26.0 Å². The molecule has 1 aliphatic heterocycles. The fourth-order valence-electron chi connectivity index (χ4n) is 3.21. The molecule has 1 saturated heterocycles. The molecule has 0 aromatic heterocycles. The van der Waals surface area contributed by atoms with Crippen molar-refractivity contribution in [2.45, 2.75) is 46.1 Å². The SMILES string of the molecule is CC1CCN(CCCOc2ccc(N)c(C(=O)NCC(=O)NC(C)C)c2)CC1. The van der Waals surface area contributed by atoms with Gasteiger partial charge in [0.2, 0.25) is 5.91 Å². The number of piperidine rings is 1. The van der Waals surface area contributed by atoms with Crippen LogP contribution in [0.15, 0.2) is 18.2 Å². The number of likely N-dealkylation sites (tertiary alicyclic amines) is 1. The Morgan fingerprint density at radius 3 is 2.68 bits per heavy atom. The summed E-state index contributed by atoms with van der Waals surface area (Å²) >= 11 is 0. The molecule has 0 aliphatic carbocycles. The van der Waals surface area contributed by atoms with Gasteiger partial charge in [0.15, 0.2) is 0 Å². The van der Waals surface area contributed by atoms with E-state index in [1.165, 1.54) is 12.8 Å². The average Bonchev–Trinajstić information content (AvgIpc) is 2.65. The van der Waals surface area contributed by atoms with Crippen LogP contribution in [-0.2, 0) is 4.79 Å². The largest absolute Gasteiger partial charge is 0.494 e. The summed E-state index contributed by atoms with van der Waals surface area (Å²) in [6.45, 7) is 9.90. The minimum absolute atomic E-state index is 0.0273. The number of ether oxygens (including phenoxy) is 1. The summed E-state index contributed by atoms with van der Waals surface area (Å²) < 4.78 is 5.80. The van der Waals surface area contributed by atoms with E-state index in [9.17, 15) is 9.59 Å². The van der Waals surface area contributed by atoms with E-state index in [1.807, 2.05) is 13.8 Å². The first kappa shape index (κ1) is 22.0. The van der Waals surface area contributed by atoms with Crippen LogP contribution in [0.5, 0.6) is 5.75 Å². The molecule has 156 valence electrons. The minimum Gasteiger partial charge on any atom is -0.494 e. The number of amides is 2. The molecular weight excluding hydrogens is 356 g/mol. The van der Waals surface area contributed by atoms with Crippen molar-refractivity contribution in [3.63, 3.8) is 0 Å². The highest BCUT2D eigenvalue weighted by Gasteiger charge is 2.15. The van der Waals surface area contributed by atoms with Crippen molar-refractivity contribution in [3.8, 4) is 5.75 Å². The van der Waals surface area contributed by atoms with E-state index in [0.29, 0.717) is 23.6 Å². The van der Waals surface area contributed by atoms with Gasteiger partial charge in [0, 0.05) is 18.3 Å². The maximum Gasteiger partial charge on any atom is 0.253 e. The summed E-state index contributed by atoms with van der Waals surface area (Å²) in [5.41, 5.74) is 6.59. The van der Waals surface area contributed by atoms with Gasteiger partial charge in [-0.25, -0.2) is 0 Å². The summed E-state index contributed by atoms with van der Waals surface area (Å²) in [5.74, 6) is 0.826. The van der Waals surface area contributed by atoms with Crippen LogP contribution in [0.2, 0.25) is 0 Å². The molecule has 1 aromatic carbocycles. The summed E-state index contributed by atoms with van der Waals surface area (Å²) in [4.78, 5) is 26.5. The van der Waals surface area contributed by atoms with Gasteiger partial charge in [-0.2, -0.15) is 0 Å². The molecule has 1 fully saturated rings. The normalized spacial score (nSPS) is 15.4. The summed E-state index contributed by atoms with van der Waals surface area (Å²) in [5, 5.41) is 5.32. The number of nitrogens with two attached hydrogens (primary N) is 1. The maximum atomic E-state index is 12.3. The maximum absolute atomic E-state index is 12.3. The van der Waals surface area contributed by atoms with E-state index in [-0.39, 0.29) is 24.4 Å². The van der Waals surface area contributed by atoms with Gasteiger partial charge in [0.1, 0.15) is 5.75 Å². The molecule has 7 heteroatoms. The van der Waals surface area contributed by atoms with E-state index in [4.69, 9.17) is 10.5 Å². The van der Waals surface area contributed by atoms with Crippen molar-refractivity contribution < 1.29 is 14.3 Å². The zero-order valence-electron chi connectivity index (χ0n) is 17.3. The fraction of sp³-hybridized carbons (Fsp3) is 0.619. The molecule has 7 nitrogen and oxygen atoms in total. The molecule has 2 rings (SSSR count). The Hall–Kier alpha value is -2.28. The third-order valence-corrected chi connectivity index (χ3v) is 4.89. The second-order valence-electron chi connectivity index (χ2n) is 7.88. The Kier molecular flexibility index (Phi) is 8.57. The smallest absolute Gasteiger partial charge is 0.253 e. The molecule has 0 spiro atoms. The second-order valence-corrected chi connectivity index (χ2v) is 7.88. The van der Waals surface area contributed by atoms with Gasteiger partial charge in [0.05, 0.1) is 18.7 Å². The topological polar surface area (TPSA) is 96.7 Å². The third-order valence-electron chi connectivity index (χ3n) is 4.89. The van der Waals surface area contributed by atoms with Crippen molar-refractivity contribution in [1.82, 2.24) is 15.5 Å². The van der Waals surface area contributed by atoms with Gasteiger partial charge in [0.25, 0.3) is 5.91 Å². The molecule has 28 heavy (non-hydrogen) atoms. The van der Waals surface area contributed by atoms with Crippen LogP contribution in [0.4, 0.5) is 5.69 Å². The standard InChI is InChI=1S/C21H34N4O3/c1-15(2)24-20(26)14-23-21(27)18-13-17(5-6-19(18)22)28-12-4-9-25-10-7-16(3)8-11-25/h5-6,13,15-16H,4,7-12,14,22H2,1-3H3,(H,23,27)(H,24,26). The van der Waals surface area contributed by atoms with E-state index >= 15 is 0 Å². The number of carbonyl (C=O) groups excluding carboxylic acids is 2. The zero-order chi connectivity index (χ0) is 20.5. The summed E-state index contributed by atoms with van der Waals surface area (Å²) in [6.07, 6.45) is 3.48. The molecule has 1 aliphatic rings. The summed E-state index contributed by atoms with van der Waals surface area (Å²) in [6, 6.07) is 5.08. The quantitative estimate of drug-likeness (QED) is 0.443. The van der Waals surface area contributed by atoms with E-state index in [2.05, 4.69) is 22.5 Å². The Bertz CT molecular complexity index is 655. The Labute approximate surface area is 168 Å². The number of benzene rings is 1. The lowest BCUT2D eigenvalue weighted by atomic mass is 9.99. The number of nitrogen functional groups attached to an aromatic ring is 1. The van der Waals surface area contributed by atoms with Crippen molar-refractivity contribution in [3.05, 3.63) is 23.8 Å². The number of hydrogen-bond donors (Lipinski definition) is 3. The van der Waals surface area contributed by atoms with Gasteiger partial charge in [-0.1, -0.05) is 6.92 Å². The minimum atomic E-state index is -0.385. The number of carbonyl (C=O) groups is 2. The average molecular weight is 391 g/mol. The predicted octanol–water partition coefficient (Wildman–Crippen LogP) is 2.02. The van der Waals surface area contributed by atoms with E-state index in [1.54, 1.807) is 18.2 Å². The molecule has 4 N–H and O–H groups in total. The molecular formula is C21H34N4O3. The van der Waals surface area contributed by atoms with Crippen molar-refractivity contribution in [1.29, 1.82) is 0 Å². The molecule has 1 heterocycles. The first-order valence-corrected chi connectivity index (χ1v) is 10.2. The lowest BCUT2D eigenvalue weighted by Gasteiger charge is -2.30. The van der Waals surface area contributed by atoms with Crippen molar-refractivity contribution >= 4 is 17.5 Å².